The van der Waals surface area contributed by atoms with Gasteiger partial charge in [0, 0.05) is 18.7 Å². The van der Waals surface area contributed by atoms with Crippen LogP contribution in [0, 0.1) is 11.3 Å². The van der Waals surface area contributed by atoms with E-state index >= 15 is 0 Å². The van der Waals surface area contributed by atoms with Gasteiger partial charge in [-0.15, -0.1) is 0 Å². The molecule has 1 aromatic carbocycles. The third kappa shape index (κ3) is 2.00. The first-order valence-corrected chi connectivity index (χ1v) is 5.36. The molecule has 0 amide bonds. The summed E-state index contributed by atoms with van der Waals surface area (Å²) in [5, 5.41) is 12.9. The molecule has 0 radical (unpaired) electrons. The van der Waals surface area contributed by atoms with E-state index in [0.29, 0.717) is 17.2 Å². The lowest BCUT2D eigenvalue weighted by atomic mass is 10.1. The van der Waals surface area contributed by atoms with Crippen LogP contribution in [0.2, 0.25) is 0 Å². The Morgan fingerprint density at radius 2 is 1.89 bits per heavy atom. The van der Waals surface area contributed by atoms with Gasteiger partial charge in [-0.05, 0) is 18.2 Å². The summed E-state index contributed by atoms with van der Waals surface area (Å²) in [6, 6.07) is 9.35. The highest BCUT2D eigenvalue weighted by atomic mass is 16.5. The Morgan fingerprint density at radius 1 is 1.17 bits per heavy atom. The van der Waals surface area contributed by atoms with Gasteiger partial charge in [-0.2, -0.15) is 10.4 Å². The van der Waals surface area contributed by atoms with Gasteiger partial charge in [0.1, 0.15) is 6.07 Å². The summed E-state index contributed by atoms with van der Waals surface area (Å²) in [6.45, 7) is 0. The van der Waals surface area contributed by atoms with Crippen molar-refractivity contribution in [2.75, 3.05) is 14.2 Å². The molecule has 0 N–H and O–H groups in total. The smallest absolute Gasteiger partial charge is 0.163 e. The van der Waals surface area contributed by atoms with E-state index in [1.165, 1.54) is 0 Å². The van der Waals surface area contributed by atoms with E-state index in [4.69, 9.17) is 14.7 Å². The van der Waals surface area contributed by atoms with Gasteiger partial charge in [-0.1, -0.05) is 0 Å². The zero-order valence-electron chi connectivity index (χ0n) is 10.5. The monoisotopic (exact) mass is 243 g/mol. The van der Waals surface area contributed by atoms with Crippen molar-refractivity contribution in [1.82, 2.24) is 9.78 Å². The molecule has 0 spiro atoms. The summed E-state index contributed by atoms with van der Waals surface area (Å²) in [7, 11) is 4.98. The molecular weight excluding hydrogens is 230 g/mol. The number of methoxy groups -OCH3 is 2. The molecule has 2 rings (SSSR count). The Labute approximate surface area is 105 Å². The largest absolute Gasteiger partial charge is 0.493 e. The standard InChI is InChI=1S/C13H13N3O2/c1-16-11(7-10(8-14)15-16)9-4-5-12(17-2)13(6-9)18-3/h4-7H,1-3H3. The van der Waals surface area contributed by atoms with Crippen molar-refractivity contribution in [3.8, 4) is 28.8 Å². The highest BCUT2D eigenvalue weighted by Gasteiger charge is 2.10. The summed E-state index contributed by atoms with van der Waals surface area (Å²) in [6.07, 6.45) is 0. The molecule has 0 bridgehead atoms. The molecule has 0 aliphatic carbocycles. The second-order valence-corrected chi connectivity index (χ2v) is 3.72. The van der Waals surface area contributed by atoms with E-state index in [9.17, 15) is 0 Å². The van der Waals surface area contributed by atoms with Gasteiger partial charge in [0.05, 0.1) is 19.9 Å². The first kappa shape index (κ1) is 12.0. The average Bonchev–Trinajstić information content (AvgIpc) is 2.79. The maximum absolute atomic E-state index is 8.83. The molecule has 1 aromatic heterocycles. The lowest BCUT2D eigenvalue weighted by molar-refractivity contribution is 0.355. The molecule has 18 heavy (non-hydrogen) atoms. The Balaban J connectivity index is 2.51. The number of aromatic nitrogens is 2. The fourth-order valence-electron chi connectivity index (χ4n) is 1.79. The second kappa shape index (κ2) is 4.80. The van der Waals surface area contributed by atoms with E-state index in [1.54, 1.807) is 32.0 Å². The quantitative estimate of drug-likeness (QED) is 0.827. The van der Waals surface area contributed by atoms with Gasteiger partial charge in [0.15, 0.2) is 17.2 Å². The van der Waals surface area contributed by atoms with Crippen molar-refractivity contribution < 1.29 is 9.47 Å². The molecule has 0 saturated carbocycles. The van der Waals surface area contributed by atoms with Crippen LogP contribution in [0.25, 0.3) is 11.3 Å². The Hall–Kier alpha value is -2.48. The maximum Gasteiger partial charge on any atom is 0.163 e. The molecule has 0 aliphatic heterocycles. The summed E-state index contributed by atoms with van der Waals surface area (Å²) < 4.78 is 12.1. The fourth-order valence-corrected chi connectivity index (χ4v) is 1.79. The molecular formula is C13H13N3O2. The SMILES string of the molecule is COc1ccc(-c2cc(C#N)nn2C)cc1OC. The van der Waals surface area contributed by atoms with Crippen LogP contribution < -0.4 is 9.47 Å². The predicted octanol–water partition coefficient (Wildman–Crippen LogP) is 1.98. The normalized spacial score (nSPS) is 9.89. The zero-order valence-corrected chi connectivity index (χ0v) is 10.5. The highest BCUT2D eigenvalue weighted by Crippen LogP contribution is 2.32. The Morgan fingerprint density at radius 3 is 2.44 bits per heavy atom. The van der Waals surface area contributed by atoms with Crippen molar-refractivity contribution in [3.63, 3.8) is 0 Å². The number of ether oxygens (including phenoxy) is 2. The van der Waals surface area contributed by atoms with E-state index in [-0.39, 0.29) is 0 Å². The molecule has 5 heteroatoms. The van der Waals surface area contributed by atoms with Crippen LogP contribution in [0.15, 0.2) is 24.3 Å². The number of nitriles is 1. The van der Waals surface area contributed by atoms with Gasteiger partial charge in [-0.3, -0.25) is 4.68 Å². The Kier molecular flexibility index (Phi) is 3.20. The van der Waals surface area contributed by atoms with Gasteiger partial charge < -0.3 is 9.47 Å². The van der Waals surface area contributed by atoms with Gasteiger partial charge in [-0.25, -0.2) is 0 Å². The average molecular weight is 243 g/mol. The minimum absolute atomic E-state index is 0.391. The van der Waals surface area contributed by atoms with Crippen LogP contribution in [0.1, 0.15) is 5.69 Å². The van der Waals surface area contributed by atoms with Gasteiger partial charge in [0.25, 0.3) is 0 Å². The third-order valence-corrected chi connectivity index (χ3v) is 2.67. The lowest BCUT2D eigenvalue weighted by Gasteiger charge is -2.09. The lowest BCUT2D eigenvalue weighted by Crippen LogP contribution is -1.95. The molecule has 0 saturated heterocycles. The van der Waals surface area contributed by atoms with Crippen LogP contribution in [0.3, 0.4) is 0 Å². The molecule has 0 unspecified atom stereocenters. The number of hydrogen-bond donors (Lipinski definition) is 0. The van der Waals surface area contributed by atoms with Crippen LogP contribution in [-0.4, -0.2) is 24.0 Å². The number of rotatable bonds is 3. The third-order valence-electron chi connectivity index (χ3n) is 2.67. The summed E-state index contributed by atoms with van der Waals surface area (Å²) in [4.78, 5) is 0. The molecule has 92 valence electrons. The van der Waals surface area contributed by atoms with Crippen molar-refractivity contribution in [2.24, 2.45) is 7.05 Å². The van der Waals surface area contributed by atoms with Crippen LogP contribution in [-0.2, 0) is 7.05 Å². The molecule has 1 heterocycles. The Bertz CT molecular complexity index is 611. The first-order chi connectivity index (χ1) is 8.69. The highest BCUT2D eigenvalue weighted by molar-refractivity contribution is 5.65. The molecule has 0 aliphatic rings. The number of benzene rings is 1. The van der Waals surface area contributed by atoms with E-state index in [2.05, 4.69) is 5.10 Å². The molecule has 2 aromatic rings. The number of hydrogen-bond acceptors (Lipinski definition) is 4. The minimum Gasteiger partial charge on any atom is -0.493 e. The van der Waals surface area contributed by atoms with E-state index < -0.39 is 0 Å². The van der Waals surface area contributed by atoms with E-state index in [1.807, 2.05) is 24.3 Å². The van der Waals surface area contributed by atoms with Crippen LogP contribution in [0.5, 0.6) is 11.5 Å². The number of nitrogens with zero attached hydrogens (tertiary/aromatic N) is 3. The zero-order chi connectivity index (χ0) is 13.1. The van der Waals surface area contributed by atoms with Gasteiger partial charge in [0.2, 0.25) is 0 Å². The van der Waals surface area contributed by atoms with Crippen molar-refractivity contribution in [1.29, 1.82) is 5.26 Å². The number of aryl methyl sites for hydroxylation is 1. The van der Waals surface area contributed by atoms with Crippen molar-refractivity contribution in [3.05, 3.63) is 30.0 Å². The summed E-state index contributed by atoms with van der Waals surface area (Å²) in [5.74, 6) is 1.32. The predicted molar refractivity (Wildman–Crippen MR) is 66.5 cm³/mol. The van der Waals surface area contributed by atoms with Crippen molar-refractivity contribution >= 4 is 0 Å². The van der Waals surface area contributed by atoms with Gasteiger partial charge >= 0.3 is 0 Å². The molecule has 0 atom stereocenters. The maximum atomic E-state index is 8.83. The summed E-state index contributed by atoms with van der Waals surface area (Å²) in [5.41, 5.74) is 2.17. The molecule has 0 fully saturated rings. The van der Waals surface area contributed by atoms with Crippen molar-refractivity contribution in [2.45, 2.75) is 0 Å². The summed E-state index contributed by atoms with van der Waals surface area (Å²) >= 11 is 0. The fraction of sp³-hybridized carbons (Fsp3) is 0.231. The first-order valence-electron chi connectivity index (χ1n) is 5.36. The molecule has 5 nitrogen and oxygen atoms in total. The van der Waals surface area contributed by atoms with E-state index in [0.717, 1.165) is 11.3 Å². The second-order valence-electron chi connectivity index (χ2n) is 3.72. The topological polar surface area (TPSA) is 60.1 Å². The minimum atomic E-state index is 0.391. The van der Waals surface area contributed by atoms with Crippen LogP contribution in [0.4, 0.5) is 0 Å². The van der Waals surface area contributed by atoms with Crippen LogP contribution >= 0.6 is 0 Å².